The summed E-state index contributed by atoms with van der Waals surface area (Å²) < 4.78 is 1.86. The minimum atomic E-state index is -0.243. The molecule has 0 bridgehead atoms. The number of halogens is 4. The number of carbonyl (C=O) groups is 1. The Labute approximate surface area is 186 Å². The highest BCUT2D eigenvalue weighted by Gasteiger charge is 2.14. The fourth-order valence-electron chi connectivity index (χ4n) is 2.34. The number of hydrogen-bond acceptors (Lipinski definition) is 4. The molecule has 1 amide bonds. The van der Waals surface area contributed by atoms with Gasteiger partial charge >= 0.3 is 0 Å². The van der Waals surface area contributed by atoms with Gasteiger partial charge in [-0.05, 0) is 29.8 Å². The van der Waals surface area contributed by atoms with Crippen LogP contribution in [-0.2, 0) is 18.3 Å². The summed E-state index contributed by atoms with van der Waals surface area (Å²) in [7, 11) is 1.86. The first-order chi connectivity index (χ1) is 13.3. The Morgan fingerprint density at radius 2 is 1.71 bits per heavy atom. The molecule has 0 atom stereocenters. The van der Waals surface area contributed by atoms with Gasteiger partial charge in [0.25, 0.3) is 0 Å². The van der Waals surface area contributed by atoms with Crippen LogP contribution in [0.1, 0.15) is 11.4 Å². The highest BCUT2D eigenvalue weighted by molar-refractivity contribution is 7.99. The second kappa shape index (κ2) is 9.37. The highest BCUT2D eigenvalue weighted by atomic mass is 35.5. The van der Waals surface area contributed by atoms with Crippen LogP contribution in [0.2, 0.25) is 20.1 Å². The Kier molecular flexibility index (Phi) is 7.12. The fraction of sp³-hybridized carbons (Fsp3) is 0.167. The number of aromatic nitrogens is 3. The summed E-state index contributed by atoms with van der Waals surface area (Å²) in [6, 6.07) is 10.6. The predicted octanol–water partition coefficient (Wildman–Crippen LogP) is 5.75. The Morgan fingerprint density at radius 3 is 2.43 bits per heavy atom. The van der Waals surface area contributed by atoms with Gasteiger partial charge in [0.2, 0.25) is 5.91 Å². The number of hydrogen-bond donors (Lipinski definition) is 1. The molecule has 10 heteroatoms. The topological polar surface area (TPSA) is 59.8 Å². The quantitative estimate of drug-likeness (QED) is 0.364. The molecule has 1 heterocycles. The monoisotopic (exact) mass is 474 g/mol. The van der Waals surface area contributed by atoms with Crippen molar-refractivity contribution in [1.29, 1.82) is 0 Å². The molecule has 0 saturated heterocycles. The molecule has 0 aliphatic rings. The number of thioether (sulfide) groups is 1. The summed E-state index contributed by atoms with van der Waals surface area (Å²) in [5, 5.41) is 13.4. The van der Waals surface area contributed by atoms with Gasteiger partial charge in [0.1, 0.15) is 5.82 Å². The third kappa shape index (κ3) is 5.33. The average Bonchev–Trinajstić information content (AvgIpc) is 2.99. The summed E-state index contributed by atoms with van der Waals surface area (Å²) in [6.07, 6.45) is 0.617. The molecule has 0 aliphatic heterocycles. The van der Waals surface area contributed by atoms with Crippen LogP contribution >= 0.6 is 58.2 Å². The lowest BCUT2D eigenvalue weighted by Crippen LogP contribution is -2.15. The van der Waals surface area contributed by atoms with Gasteiger partial charge in [0, 0.05) is 18.5 Å². The molecule has 0 spiro atoms. The molecule has 3 aromatic rings. The molecular weight excluding hydrogens is 462 g/mol. The summed E-state index contributed by atoms with van der Waals surface area (Å²) in [5.74, 6) is 0.689. The van der Waals surface area contributed by atoms with Gasteiger partial charge in [0.05, 0.1) is 26.5 Å². The van der Waals surface area contributed by atoms with Crippen LogP contribution < -0.4 is 5.32 Å². The Morgan fingerprint density at radius 1 is 1.04 bits per heavy atom. The Hall–Kier alpha value is -1.44. The summed E-state index contributed by atoms with van der Waals surface area (Å²) in [4.78, 5) is 12.2. The van der Waals surface area contributed by atoms with Crippen molar-refractivity contribution < 1.29 is 4.79 Å². The number of benzene rings is 2. The Balaban J connectivity index is 1.60. The minimum Gasteiger partial charge on any atom is -0.324 e. The van der Waals surface area contributed by atoms with E-state index >= 15 is 0 Å². The van der Waals surface area contributed by atoms with E-state index in [2.05, 4.69) is 15.5 Å². The lowest BCUT2D eigenvalue weighted by molar-refractivity contribution is -0.113. The third-order valence-electron chi connectivity index (χ3n) is 3.82. The predicted molar refractivity (Wildman–Crippen MR) is 116 cm³/mol. The second-order valence-corrected chi connectivity index (χ2v) is 8.44. The molecule has 28 heavy (non-hydrogen) atoms. The summed E-state index contributed by atoms with van der Waals surface area (Å²) in [5.41, 5.74) is 1.48. The number of nitrogens with one attached hydrogen (secondary N) is 1. The molecule has 0 aliphatic carbocycles. The van der Waals surface area contributed by atoms with E-state index in [1.165, 1.54) is 23.9 Å². The van der Waals surface area contributed by atoms with E-state index < -0.39 is 0 Å². The molecule has 1 aromatic heterocycles. The molecule has 146 valence electrons. The second-order valence-electron chi connectivity index (χ2n) is 5.84. The van der Waals surface area contributed by atoms with Gasteiger partial charge in [-0.15, -0.1) is 10.2 Å². The first kappa shape index (κ1) is 21.3. The SMILES string of the molecule is Cn1c(Cc2ccc(Cl)cc2)nnc1SCC(=O)Nc1cc(Cl)c(Cl)cc1Cl. The first-order valence-electron chi connectivity index (χ1n) is 8.03. The maximum absolute atomic E-state index is 12.2. The third-order valence-corrected chi connectivity index (χ3v) is 6.12. The normalized spacial score (nSPS) is 10.9. The summed E-state index contributed by atoms with van der Waals surface area (Å²) >= 11 is 25.1. The standard InChI is InChI=1S/C18H14Cl4N4OS/c1-26-16(6-10-2-4-11(19)5-3-10)24-25-18(26)28-9-17(27)23-15-8-13(21)12(20)7-14(15)22/h2-5,7-8H,6,9H2,1H3,(H,23,27). The number of carbonyl (C=O) groups excluding carboxylic acids is 1. The lowest BCUT2D eigenvalue weighted by atomic mass is 10.1. The lowest BCUT2D eigenvalue weighted by Gasteiger charge is -2.08. The maximum atomic E-state index is 12.2. The largest absolute Gasteiger partial charge is 0.324 e. The number of amides is 1. The average molecular weight is 476 g/mol. The number of rotatable bonds is 6. The van der Waals surface area contributed by atoms with E-state index in [-0.39, 0.29) is 11.7 Å². The first-order valence-corrected chi connectivity index (χ1v) is 10.5. The van der Waals surface area contributed by atoms with Gasteiger partial charge in [-0.3, -0.25) is 4.79 Å². The molecule has 0 radical (unpaired) electrons. The molecular formula is C18H14Cl4N4OS. The van der Waals surface area contributed by atoms with E-state index in [0.29, 0.717) is 37.4 Å². The van der Waals surface area contributed by atoms with Crippen molar-refractivity contribution >= 4 is 69.8 Å². The minimum absolute atomic E-state index is 0.142. The molecule has 1 N–H and O–H groups in total. The van der Waals surface area contributed by atoms with E-state index in [1.54, 1.807) is 0 Å². The van der Waals surface area contributed by atoms with E-state index in [4.69, 9.17) is 46.4 Å². The van der Waals surface area contributed by atoms with E-state index in [1.807, 2.05) is 35.9 Å². The van der Waals surface area contributed by atoms with Crippen LogP contribution in [0.3, 0.4) is 0 Å². The zero-order valence-corrected chi connectivity index (χ0v) is 18.4. The molecule has 0 saturated carbocycles. The van der Waals surface area contributed by atoms with Crippen LogP contribution in [0.4, 0.5) is 5.69 Å². The molecule has 2 aromatic carbocycles. The van der Waals surface area contributed by atoms with Crippen molar-refractivity contribution in [3.63, 3.8) is 0 Å². The van der Waals surface area contributed by atoms with Gasteiger partial charge < -0.3 is 9.88 Å². The maximum Gasteiger partial charge on any atom is 0.234 e. The van der Waals surface area contributed by atoms with Crippen LogP contribution in [0, 0.1) is 0 Å². The zero-order valence-electron chi connectivity index (χ0n) is 14.5. The van der Waals surface area contributed by atoms with Crippen LogP contribution in [0.15, 0.2) is 41.6 Å². The zero-order chi connectivity index (χ0) is 20.3. The van der Waals surface area contributed by atoms with Gasteiger partial charge in [-0.25, -0.2) is 0 Å². The van der Waals surface area contributed by atoms with Crippen LogP contribution in [0.5, 0.6) is 0 Å². The molecule has 3 rings (SSSR count). The molecule has 5 nitrogen and oxygen atoms in total. The summed E-state index contributed by atoms with van der Waals surface area (Å²) in [6.45, 7) is 0. The van der Waals surface area contributed by atoms with Crippen molar-refractivity contribution in [2.45, 2.75) is 11.6 Å². The van der Waals surface area contributed by atoms with Crippen LogP contribution in [-0.4, -0.2) is 26.4 Å². The van der Waals surface area contributed by atoms with Gasteiger partial charge in [0.15, 0.2) is 5.16 Å². The number of nitrogens with zero attached hydrogens (tertiary/aromatic N) is 3. The van der Waals surface area contributed by atoms with Crippen molar-refractivity contribution in [1.82, 2.24) is 14.8 Å². The van der Waals surface area contributed by atoms with Crippen molar-refractivity contribution in [2.24, 2.45) is 7.05 Å². The fourth-order valence-corrected chi connectivity index (χ4v) is 3.79. The van der Waals surface area contributed by atoms with Gasteiger partial charge in [-0.1, -0.05) is 70.3 Å². The molecule has 0 unspecified atom stereocenters. The van der Waals surface area contributed by atoms with Crippen molar-refractivity contribution in [3.8, 4) is 0 Å². The van der Waals surface area contributed by atoms with Gasteiger partial charge in [-0.2, -0.15) is 0 Å². The van der Waals surface area contributed by atoms with E-state index in [0.717, 1.165) is 11.4 Å². The molecule has 0 fully saturated rings. The smallest absolute Gasteiger partial charge is 0.234 e. The van der Waals surface area contributed by atoms with Crippen molar-refractivity contribution in [2.75, 3.05) is 11.1 Å². The van der Waals surface area contributed by atoms with E-state index in [9.17, 15) is 4.79 Å². The Bertz CT molecular complexity index is 1010. The number of anilines is 1. The van der Waals surface area contributed by atoms with Crippen LogP contribution in [0.25, 0.3) is 0 Å². The highest BCUT2D eigenvalue weighted by Crippen LogP contribution is 2.32. The van der Waals surface area contributed by atoms with Crippen molar-refractivity contribution in [3.05, 3.63) is 67.9 Å².